The van der Waals surface area contributed by atoms with Crippen LogP contribution in [0.3, 0.4) is 0 Å². The second kappa shape index (κ2) is 6.16. The topological polar surface area (TPSA) is 30.5 Å². The summed E-state index contributed by atoms with van der Waals surface area (Å²) in [7, 11) is 0. The first-order valence-electron chi connectivity index (χ1n) is 6.31. The van der Waals surface area contributed by atoms with Crippen molar-refractivity contribution in [2.24, 2.45) is 0 Å². The summed E-state index contributed by atoms with van der Waals surface area (Å²) in [6.45, 7) is 1.76. The summed E-state index contributed by atoms with van der Waals surface area (Å²) >= 11 is 6.90. The predicted molar refractivity (Wildman–Crippen MR) is 85.6 cm³/mol. The van der Waals surface area contributed by atoms with E-state index in [0.717, 1.165) is 39.3 Å². The van der Waals surface area contributed by atoms with Gasteiger partial charge in [0.05, 0.1) is 0 Å². The van der Waals surface area contributed by atoms with E-state index in [9.17, 15) is 0 Å². The van der Waals surface area contributed by atoms with Crippen LogP contribution in [0, 0.1) is 0 Å². The molecule has 3 nitrogen and oxygen atoms in total. The van der Waals surface area contributed by atoms with Crippen molar-refractivity contribution in [3.63, 3.8) is 0 Å². The van der Waals surface area contributed by atoms with Gasteiger partial charge >= 0.3 is 0 Å². The van der Waals surface area contributed by atoms with Crippen LogP contribution in [0.4, 0.5) is 0 Å². The number of benzene rings is 2. The van der Waals surface area contributed by atoms with Gasteiger partial charge in [-0.05, 0) is 36.4 Å². The molecule has 104 valence electrons. The number of hydrogen-bond donors (Lipinski definition) is 1. The third kappa shape index (κ3) is 3.34. The minimum Gasteiger partial charge on any atom is -0.484 e. The SMILES string of the molecule is Brc1cccc(Oc2ccc(Br)cc2OC2CNC2)c1. The van der Waals surface area contributed by atoms with Gasteiger partial charge in [0.2, 0.25) is 0 Å². The summed E-state index contributed by atoms with van der Waals surface area (Å²) in [5.74, 6) is 2.25. The lowest BCUT2D eigenvalue weighted by Gasteiger charge is -2.28. The van der Waals surface area contributed by atoms with Crippen LogP contribution in [0.5, 0.6) is 17.2 Å². The van der Waals surface area contributed by atoms with Gasteiger partial charge in [0.25, 0.3) is 0 Å². The van der Waals surface area contributed by atoms with Gasteiger partial charge in [-0.1, -0.05) is 37.9 Å². The van der Waals surface area contributed by atoms with Crippen LogP contribution >= 0.6 is 31.9 Å². The zero-order valence-corrected chi connectivity index (χ0v) is 13.8. The molecule has 1 saturated heterocycles. The monoisotopic (exact) mass is 397 g/mol. The summed E-state index contributed by atoms with van der Waals surface area (Å²) in [4.78, 5) is 0. The Labute approximate surface area is 134 Å². The number of halogens is 2. The Morgan fingerprint density at radius 3 is 2.45 bits per heavy atom. The highest BCUT2D eigenvalue weighted by Crippen LogP contribution is 2.35. The maximum absolute atomic E-state index is 5.94. The van der Waals surface area contributed by atoms with Crippen LogP contribution in [-0.2, 0) is 0 Å². The largest absolute Gasteiger partial charge is 0.484 e. The molecular formula is C15H13Br2NO2. The van der Waals surface area contributed by atoms with Crippen LogP contribution in [0.1, 0.15) is 0 Å². The molecule has 1 N–H and O–H groups in total. The van der Waals surface area contributed by atoms with Crippen molar-refractivity contribution in [2.45, 2.75) is 6.10 Å². The van der Waals surface area contributed by atoms with Gasteiger partial charge in [-0.2, -0.15) is 0 Å². The molecule has 0 bridgehead atoms. The Bertz CT molecular complexity index is 615. The van der Waals surface area contributed by atoms with Gasteiger partial charge in [0.15, 0.2) is 11.5 Å². The lowest BCUT2D eigenvalue weighted by atomic mass is 10.2. The molecule has 3 rings (SSSR count). The predicted octanol–water partition coefficient (Wildman–Crippen LogP) is 4.35. The maximum Gasteiger partial charge on any atom is 0.169 e. The Hall–Kier alpha value is -1.04. The van der Waals surface area contributed by atoms with E-state index in [2.05, 4.69) is 37.2 Å². The van der Waals surface area contributed by atoms with Gasteiger partial charge in [0, 0.05) is 22.0 Å². The van der Waals surface area contributed by atoms with Crippen LogP contribution in [0.2, 0.25) is 0 Å². The average Bonchev–Trinajstić information content (AvgIpc) is 2.37. The summed E-state index contributed by atoms with van der Waals surface area (Å²) in [5, 5.41) is 3.19. The van der Waals surface area contributed by atoms with E-state index in [1.165, 1.54) is 0 Å². The standard InChI is InChI=1S/C15H13Br2NO2/c16-10-2-1-3-12(6-10)19-14-5-4-11(17)7-15(14)20-13-8-18-9-13/h1-7,13,18H,8-9H2. The van der Waals surface area contributed by atoms with E-state index in [0.29, 0.717) is 0 Å². The van der Waals surface area contributed by atoms with E-state index in [-0.39, 0.29) is 6.10 Å². The Balaban J connectivity index is 1.83. The summed E-state index contributed by atoms with van der Waals surface area (Å²) < 4.78 is 13.8. The molecule has 0 aromatic heterocycles. The van der Waals surface area contributed by atoms with E-state index < -0.39 is 0 Å². The van der Waals surface area contributed by atoms with Crippen molar-refractivity contribution in [3.05, 3.63) is 51.4 Å². The summed E-state index contributed by atoms with van der Waals surface area (Å²) in [6.07, 6.45) is 0.217. The molecule has 5 heteroatoms. The highest BCUT2D eigenvalue weighted by atomic mass is 79.9. The van der Waals surface area contributed by atoms with Crippen molar-refractivity contribution in [2.75, 3.05) is 13.1 Å². The first kappa shape index (κ1) is 13.9. The second-order valence-corrected chi connectivity index (χ2v) is 6.38. The first-order valence-corrected chi connectivity index (χ1v) is 7.90. The Kier molecular flexibility index (Phi) is 4.29. The van der Waals surface area contributed by atoms with Gasteiger partial charge in [0.1, 0.15) is 11.9 Å². The molecule has 0 amide bonds. The van der Waals surface area contributed by atoms with Crippen molar-refractivity contribution in [3.8, 4) is 17.2 Å². The van der Waals surface area contributed by atoms with Crippen molar-refractivity contribution >= 4 is 31.9 Å². The average molecular weight is 399 g/mol. The molecule has 2 aromatic rings. The molecular weight excluding hydrogens is 386 g/mol. The van der Waals surface area contributed by atoms with E-state index in [4.69, 9.17) is 9.47 Å². The smallest absolute Gasteiger partial charge is 0.169 e. The Morgan fingerprint density at radius 2 is 1.75 bits per heavy atom. The summed E-state index contributed by atoms with van der Waals surface area (Å²) in [5.41, 5.74) is 0. The zero-order valence-electron chi connectivity index (χ0n) is 10.6. The number of ether oxygens (including phenoxy) is 2. The lowest BCUT2D eigenvalue weighted by Crippen LogP contribution is -2.50. The highest BCUT2D eigenvalue weighted by Gasteiger charge is 2.20. The molecule has 0 aliphatic carbocycles. The van der Waals surface area contributed by atoms with Gasteiger partial charge in [-0.25, -0.2) is 0 Å². The molecule has 0 atom stereocenters. The van der Waals surface area contributed by atoms with Gasteiger partial charge in [-0.15, -0.1) is 0 Å². The molecule has 20 heavy (non-hydrogen) atoms. The normalized spacial score (nSPS) is 14.7. The molecule has 0 saturated carbocycles. The van der Waals surface area contributed by atoms with E-state index in [1.807, 2.05) is 42.5 Å². The fraction of sp³-hybridized carbons (Fsp3) is 0.200. The molecule has 1 fully saturated rings. The number of nitrogens with one attached hydrogen (secondary N) is 1. The minimum absolute atomic E-state index is 0.217. The Morgan fingerprint density at radius 1 is 0.950 bits per heavy atom. The van der Waals surface area contributed by atoms with E-state index in [1.54, 1.807) is 0 Å². The molecule has 0 unspecified atom stereocenters. The maximum atomic E-state index is 5.94. The van der Waals surface area contributed by atoms with Crippen LogP contribution < -0.4 is 14.8 Å². The fourth-order valence-corrected chi connectivity index (χ4v) is 2.56. The van der Waals surface area contributed by atoms with Crippen molar-refractivity contribution in [1.29, 1.82) is 0 Å². The van der Waals surface area contributed by atoms with Crippen LogP contribution in [0.15, 0.2) is 51.4 Å². The molecule has 1 aliphatic heterocycles. The second-order valence-electron chi connectivity index (χ2n) is 4.55. The lowest BCUT2D eigenvalue weighted by molar-refractivity contribution is 0.138. The van der Waals surface area contributed by atoms with Crippen molar-refractivity contribution < 1.29 is 9.47 Å². The van der Waals surface area contributed by atoms with Crippen LogP contribution in [0.25, 0.3) is 0 Å². The molecule has 0 radical (unpaired) electrons. The zero-order chi connectivity index (χ0) is 13.9. The highest BCUT2D eigenvalue weighted by molar-refractivity contribution is 9.10. The number of hydrogen-bond acceptors (Lipinski definition) is 3. The van der Waals surface area contributed by atoms with Crippen molar-refractivity contribution in [1.82, 2.24) is 5.32 Å². The molecule has 1 heterocycles. The third-order valence-electron chi connectivity index (χ3n) is 2.97. The first-order chi connectivity index (χ1) is 9.70. The van der Waals surface area contributed by atoms with Gasteiger partial charge in [-0.3, -0.25) is 0 Å². The molecule has 1 aliphatic rings. The number of rotatable bonds is 4. The third-order valence-corrected chi connectivity index (χ3v) is 3.95. The van der Waals surface area contributed by atoms with E-state index >= 15 is 0 Å². The fourth-order valence-electron chi connectivity index (χ4n) is 1.84. The summed E-state index contributed by atoms with van der Waals surface area (Å²) in [6, 6.07) is 13.5. The molecule has 2 aromatic carbocycles. The molecule has 0 spiro atoms. The van der Waals surface area contributed by atoms with Gasteiger partial charge < -0.3 is 14.8 Å². The van der Waals surface area contributed by atoms with Crippen LogP contribution in [-0.4, -0.2) is 19.2 Å². The minimum atomic E-state index is 0.217. The quantitative estimate of drug-likeness (QED) is 0.830.